The molecular formula is C13H18ClNS. The zero-order valence-corrected chi connectivity index (χ0v) is 10.9. The van der Waals surface area contributed by atoms with Gasteiger partial charge in [-0.2, -0.15) is 11.8 Å². The maximum absolute atomic E-state index is 6.13. The van der Waals surface area contributed by atoms with Crippen LogP contribution in [0.3, 0.4) is 0 Å². The fourth-order valence-corrected chi connectivity index (χ4v) is 3.82. The Labute approximate surface area is 107 Å². The van der Waals surface area contributed by atoms with Crippen molar-refractivity contribution in [3.63, 3.8) is 0 Å². The number of rotatable bonds is 3. The first-order valence-corrected chi connectivity index (χ1v) is 7.29. The molecule has 0 radical (unpaired) electrons. The molecule has 0 aromatic heterocycles. The molecule has 3 heteroatoms. The Bertz CT molecular complexity index is 342. The van der Waals surface area contributed by atoms with E-state index in [2.05, 4.69) is 6.07 Å². The first-order chi connectivity index (χ1) is 7.75. The monoisotopic (exact) mass is 255 g/mol. The van der Waals surface area contributed by atoms with E-state index in [-0.39, 0.29) is 0 Å². The summed E-state index contributed by atoms with van der Waals surface area (Å²) < 4.78 is 0. The van der Waals surface area contributed by atoms with Crippen LogP contribution in [-0.4, -0.2) is 11.3 Å². The summed E-state index contributed by atoms with van der Waals surface area (Å²) in [5, 5.41) is 1.61. The van der Waals surface area contributed by atoms with Crippen molar-refractivity contribution < 1.29 is 0 Å². The van der Waals surface area contributed by atoms with Crippen molar-refractivity contribution >= 4 is 23.4 Å². The van der Waals surface area contributed by atoms with E-state index < -0.39 is 0 Å². The minimum absolute atomic E-state index is 0.414. The average molecular weight is 256 g/mol. The molecule has 1 fully saturated rings. The second kappa shape index (κ2) is 5.95. The van der Waals surface area contributed by atoms with Gasteiger partial charge in [-0.05, 0) is 30.9 Å². The number of thioether (sulfide) groups is 1. The van der Waals surface area contributed by atoms with Crippen molar-refractivity contribution in [2.45, 2.75) is 42.7 Å². The Morgan fingerprint density at radius 3 is 2.88 bits per heavy atom. The molecule has 2 atom stereocenters. The van der Waals surface area contributed by atoms with Crippen molar-refractivity contribution in [1.82, 2.24) is 0 Å². The third-order valence-corrected chi connectivity index (χ3v) is 4.84. The first kappa shape index (κ1) is 12.3. The van der Waals surface area contributed by atoms with E-state index in [1.54, 1.807) is 0 Å². The summed E-state index contributed by atoms with van der Waals surface area (Å²) in [5.41, 5.74) is 7.23. The fraction of sp³-hybridized carbons (Fsp3) is 0.538. The van der Waals surface area contributed by atoms with E-state index in [9.17, 15) is 0 Å². The smallest absolute Gasteiger partial charge is 0.0446 e. The molecule has 88 valence electrons. The van der Waals surface area contributed by atoms with Gasteiger partial charge in [0.2, 0.25) is 0 Å². The van der Waals surface area contributed by atoms with Crippen molar-refractivity contribution in [2.75, 3.05) is 0 Å². The summed E-state index contributed by atoms with van der Waals surface area (Å²) in [6.07, 6.45) is 4.95. The first-order valence-electron chi connectivity index (χ1n) is 5.86. The molecule has 2 unspecified atom stereocenters. The average Bonchev–Trinajstić information content (AvgIpc) is 2.28. The Hall–Kier alpha value is -0.180. The number of halogens is 1. The molecule has 0 heterocycles. The van der Waals surface area contributed by atoms with Gasteiger partial charge in [0, 0.05) is 22.1 Å². The van der Waals surface area contributed by atoms with Gasteiger partial charge in [-0.25, -0.2) is 0 Å². The zero-order valence-electron chi connectivity index (χ0n) is 9.36. The Morgan fingerprint density at radius 2 is 2.12 bits per heavy atom. The van der Waals surface area contributed by atoms with Gasteiger partial charge in [0.1, 0.15) is 0 Å². The summed E-state index contributed by atoms with van der Waals surface area (Å²) in [6.45, 7) is 0. The maximum Gasteiger partial charge on any atom is 0.0446 e. The molecule has 1 aromatic rings. The van der Waals surface area contributed by atoms with Crippen LogP contribution in [0, 0.1) is 0 Å². The minimum atomic E-state index is 0.414. The predicted molar refractivity (Wildman–Crippen MR) is 73.0 cm³/mol. The highest BCUT2D eigenvalue weighted by Gasteiger charge is 2.19. The normalized spacial score (nSPS) is 25.6. The standard InChI is InChI=1S/C13H18ClNS/c14-13-7-2-1-4-10(13)9-16-12-6-3-5-11(15)8-12/h1-2,4,7,11-12H,3,5-6,8-9,15H2. The second-order valence-corrected chi connectivity index (χ2v) is 6.15. The van der Waals surface area contributed by atoms with Crippen LogP contribution >= 0.6 is 23.4 Å². The van der Waals surface area contributed by atoms with Crippen LogP contribution < -0.4 is 5.73 Å². The number of hydrogen-bond donors (Lipinski definition) is 1. The van der Waals surface area contributed by atoms with E-state index in [1.165, 1.54) is 24.8 Å². The molecule has 0 saturated heterocycles. The highest BCUT2D eigenvalue weighted by atomic mass is 35.5. The largest absolute Gasteiger partial charge is 0.328 e. The third-order valence-electron chi connectivity index (χ3n) is 3.10. The van der Waals surface area contributed by atoms with E-state index >= 15 is 0 Å². The summed E-state index contributed by atoms with van der Waals surface area (Å²) >= 11 is 8.14. The molecule has 2 rings (SSSR count). The molecule has 1 nitrogen and oxygen atoms in total. The maximum atomic E-state index is 6.13. The van der Waals surface area contributed by atoms with Gasteiger partial charge >= 0.3 is 0 Å². The van der Waals surface area contributed by atoms with Gasteiger partial charge in [0.25, 0.3) is 0 Å². The topological polar surface area (TPSA) is 26.0 Å². The lowest BCUT2D eigenvalue weighted by Crippen LogP contribution is -2.29. The van der Waals surface area contributed by atoms with Gasteiger partial charge in [-0.1, -0.05) is 36.2 Å². The van der Waals surface area contributed by atoms with Gasteiger partial charge < -0.3 is 5.73 Å². The van der Waals surface area contributed by atoms with Gasteiger partial charge in [-0.15, -0.1) is 0 Å². The highest BCUT2D eigenvalue weighted by molar-refractivity contribution is 7.99. The highest BCUT2D eigenvalue weighted by Crippen LogP contribution is 2.31. The van der Waals surface area contributed by atoms with E-state index in [1.807, 2.05) is 30.0 Å². The van der Waals surface area contributed by atoms with E-state index in [4.69, 9.17) is 17.3 Å². The van der Waals surface area contributed by atoms with Crippen molar-refractivity contribution in [1.29, 1.82) is 0 Å². The van der Waals surface area contributed by atoms with Crippen LogP contribution in [0.5, 0.6) is 0 Å². The molecule has 0 aliphatic heterocycles. The minimum Gasteiger partial charge on any atom is -0.328 e. The lowest BCUT2D eigenvalue weighted by Gasteiger charge is -2.26. The summed E-state index contributed by atoms with van der Waals surface area (Å²) in [6, 6.07) is 8.52. The van der Waals surface area contributed by atoms with Crippen LogP contribution in [0.1, 0.15) is 31.2 Å². The quantitative estimate of drug-likeness (QED) is 0.888. The third kappa shape index (κ3) is 3.41. The fourth-order valence-electron chi connectivity index (χ4n) is 2.16. The lowest BCUT2D eigenvalue weighted by molar-refractivity contribution is 0.451. The zero-order chi connectivity index (χ0) is 11.4. The molecular weight excluding hydrogens is 238 g/mol. The molecule has 1 aliphatic carbocycles. The number of hydrogen-bond acceptors (Lipinski definition) is 2. The SMILES string of the molecule is NC1CCCC(SCc2ccccc2Cl)C1. The van der Waals surface area contributed by atoms with Gasteiger partial charge in [0.15, 0.2) is 0 Å². The molecule has 0 spiro atoms. The van der Waals surface area contributed by atoms with Crippen molar-refractivity contribution in [2.24, 2.45) is 5.73 Å². The van der Waals surface area contributed by atoms with E-state index in [0.717, 1.165) is 22.4 Å². The van der Waals surface area contributed by atoms with Gasteiger partial charge in [-0.3, -0.25) is 0 Å². The molecule has 1 saturated carbocycles. The predicted octanol–water partition coefficient (Wildman–Crippen LogP) is 3.84. The molecule has 16 heavy (non-hydrogen) atoms. The molecule has 1 aromatic carbocycles. The molecule has 0 amide bonds. The van der Waals surface area contributed by atoms with Crippen LogP contribution in [0.4, 0.5) is 0 Å². The summed E-state index contributed by atoms with van der Waals surface area (Å²) in [7, 11) is 0. The number of nitrogens with two attached hydrogens (primary N) is 1. The summed E-state index contributed by atoms with van der Waals surface area (Å²) in [4.78, 5) is 0. The van der Waals surface area contributed by atoms with Crippen LogP contribution in [-0.2, 0) is 5.75 Å². The lowest BCUT2D eigenvalue weighted by atomic mass is 9.96. The Balaban J connectivity index is 1.85. The molecule has 1 aliphatic rings. The van der Waals surface area contributed by atoms with Gasteiger partial charge in [0.05, 0.1) is 0 Å². The summed E-state index contributed by atoms with van der Waals surface area (Å²) in [5.74, 6) is 1.01. The van der Waals surface area contributed by atoms with Crippen LogP contribution in [0.15, 0.2) is 24.3 Å². The van der Waals surface area contributed by atoms with Crippen LogP contribution in [0.2, 0.25) is 5.02 Å². The van der Waals surface area contributed by atoms with Crippen LogP contribution in [0.25, 0.3) is 0 Å². The molecule has 2 N–H and O–H groups in total. The van der Waals surface area contributed by atoms with Crippen molar-refractivity contribution in [3.8, 4) is 0 Å². The van der Waals surface area contributed by atoms with E-state index in [0.29, 0.717) is 6.04 Å². The second-order valence-electron chi connectivity index (χ2n) is 4.45. The van der Waals surface area contributed by atoms with Crippen molar-refractivity contribution in [3.05, 3.63) is 34.9 Å². The Kier molecular flexibility index (Phi) is 4.56. The Morgan fingerprint density at radius 1 is 1.31 bits per heavy atom. The number of benzene rings is 1. The molecule has 0 bridgehead atoms.